The molecular weight excluding hydrogens is 306 g/mol. The van der Waals surface area contributed by atoms with Gasteiger partial charge >= 0.3 is 0 Å². The molecule has 2 aromatic rings. The van der Waals surface area contributed by atoms with Crippen LogP contribution in [0, 0.1) is 0 Å². The Kier molecular flexibility index (Phi) is 3.57. The number of aromatic nitrogens is 1. The molecule has 0 spiro atoms. The fourth-order valence-electron chi connectivity index (χ4n) is 3.66. The van der Waals surface area contributed by atoms with Crippen molar-refractivity contribution in [3.63, 3.8) is 0 Å². The Bertz CT molecular complexity index is 839. The monoisotopic (exact) mass is 325 g/mol. The third-order valence-electron chi connectivity index (χ3n) is 4.95. The summed E-state index contributed by atoms with van der Waals surface area (Å²) in [7, 11) is -2.94. The molecule has 1 saturated heterocycles. The standard InChI is InChI=1S/C19H19NO2S/c21-23(22)17-4-3-5-18(23)13-16(12-17)14-7-9-15(10-8-14)19-6-1-2-11-20-19/h1-2,6-12,17-18H,3-5,13H2. The number of nitrogens with zero attached hydrogens (tertiary/aromatic N) is 1. The molecule has 3 nitrogen and oxygen atoms in total. The Morgan fingerprint density at radius 1 is 0.957 bits per heavy atom. The summed E-state index contributed by atoms with van der Waals surface area (Å²) in [6.07, 6.45) is 7.04. The van der Waals surface area contributed by atoms with Crippen molar-refractivity contribution in [3.8, 4) is 11.3 Å². The highest BCUT2D eigenvalue weighted by molar-refractivity contribution is 7.93. The minimum Gasteiger partial charge on any atom is -0.256 e. The second kappa shape index (κ2) is 5.60. The zero-order valence-electron chi connectivity index (χ0n) is 12.9. The van der Waals surface area contributed by atoms with Gasteiger partial charge in [-0.25, -0.2) is 8.42 Å². The number of hydrogen-bond acceptors (Lipinski definition) is 3. The van der Waals surface area contributed by atoms with Gasteiger partial charge in [0.1, 0.15) is 0 Å². The first-order valence-corrected chi connectivity index (χ1v) is 9.71. The summed E-state index contributed by atoms with van der Waals surface area (Å²) in [6, 6.07) is 14.2. The Morgan fingerprint density at radius 2 is 1.74 bits per heavy atom. The second-order valence-electron chi connectivity index (χ2n) is 6.37. The molecule has 4 heteroatoms. The van der Waals surface area contributed by atoms with Gasteiger partial charge in [0.15, 0.2) is 9.84 Å². The maximum absolute atomic E-state index is 12.4. The van der Waals surface area contributed by atoms with Crippen LogP contribution in [0.15, 0.2) is 54.7 Å². The molecule has 2 bridgehead atoms. The molecule has 1 fully saturated rings. The lowest BCUT2D eigenvalue weighted by Crippen LogP contribution is -2.38. The topological polar surface area (TPSA) is 47.0 Å². The number of benzene rings is 1. The summed E-state index contributed by atoms with van der Waals surface area (Å²) in [6.45, 7) is 0. The van der Waals surface area contributed by atoms with Crippen LogP contribution < -0.4 is 0 Å². The average Bonchev–Trinajstić information content (AvgIpc) is 2.55. The van der Waals surface area contributed by atoms with Gasteiger partial charge in [0.2, 0.25) is 0 Å². The van der Waals surface area contributed by atoms with Crippen molar-refractivity contribution in [2.75, 3.05) is 0 Å². The van der Waals surface area contributed by atoms with Crippen LogP contribution >= 0.6 is 0 Å². The summed E-state index contributed by atoms with van der Waals surface area (Å²) in [4.78, 5) is 4.36. The smallest absolute Gasteiger partial charge is 0.159 e. The van der Waals surface area contributed by atoms with E-state index in [0.717, 1.165) is 36.1 Å². The minimum absolute atomic E-state index is 0.184. The molecular formula is C19H19NO2S. The zero-order chi connectivity index (χ0) is 15.9. The van der Waals surface area contributed by atoms with E-state index >= 15 is 0 Å². The molecule has 4 rings (SSSR count). The number of allylic oxidation sites excluding steroid dienone is 1. The Labute approximate surface area is 137 Å². The SMILES string of the molecule is O=S1(=O)C2C=C(c3ccc(-c4ccccn4)cc3)CC1CCC2. The van der Waals surface area contributed by atoms with E-state index < -0.39 is 9.84 Å². The van der Waals surface area contributed by atoms with Crippen molar-refractivity contribution in [2.45, 2.75) is 36.2 Å². The molecule has 0 amide bonds. The van der Waals surface area contributed by atoms with E-state index in [1.807, 2.05) is 24.3 Å². The molecule has 2 aliphatic rings. The predicted octanol–water partition coefficient (Wildman–Crippen LogP) is 3.87. The summed E-state index contributed by atoms with van der Waals surface area (Å²) >= 11 is 0. The van der Waals surface area contributed by atoms with Gasteiger partial charge in [-0.3, -0.25) is 4.98 Å². The molecule has 3 heterocycles. The molecule has 118 valence electrons. The quantitative estimate of drug-likeness (QED) is 0.842. The summed E-state index contributed by atoms with van der Waals surface area (Å²) < 4.78 is 24.7. The van der Waals surface area contributed by atoms with E-state index in [0.29, 0.717) is 6.42 Å². The lowest BCUT2D eigenvalue weighted by atomic mass is 9.92. The van der Waals surface area contributed by atoms with E-state index in [1.54, 1.807) is 6.20 Å². The molecule has 23 heavy (non-hydrogen) atoms. The first-order valence-electron chi connectivity index (χ1n) is 8.10. The molecule has 0 radical (unpaired) electrons. The number of hydrogen-bond donors (Lipinski definition) is 0. The first kappa shape index (κ1) is 14.6. The van der Waals surface area contributed by atoms with E-state index in [2.05, 4.69) is 29.2 Å². The zero-order valence-corrected chi connectivity index (χ0v) is 13.7. The fraction of sp³-hybridized carbons (Fsp3) is 0.316. The van der Waals surface area contributed by atoms with Crippen LogP contribution in [0.1, 0.15) is 31.2 Å². The molecule has 2 atom stereocenters. The number of sulfone groups is 1. The van der Waals surface area contributed by atoms with Gasteiger partial charge in [-0.1, -0.05) is 42.8 Å². The Hall–Kier alpha value is -1.94. The Balaban J connectivity index is 1.66. The van der Waals surface area contributed by atoms with E-state index in [1.165, 1.54) is 5.57 Å². The van der Waals surface area contributed by atoms with Gasteiger partial charge in [0, 0.05) is 11.8 Å². The molecule has 0 saturated carbocycles. The van der Waals surface area contributed by atoms with Crippen LogP contribution in [0.4, 0.5) is 0 Å². The minimum atomic E-state index is -2.94. The van der Waals surface area contributed by atoms with Crippen molar-refractivity contribution in [2.24, 2.45) is 0 Å². The first-order chi connectivity index (χ1) is 11.1. The van der Waals surface area contributed by atoms with Gasteiger partial charge in [-0.05, 0) is 42.5 Å². The highest BCUT2D eigenvalue weighted by atomic mass is 32.2. The maximum Gasteiger partial charge on any atom is 0.159 e. The lowest BCUT2D eigenvalue weighted by molar-refractivity contribution is 0.518. The Morgan fingerprint density at radius 3 is 2.43 bits per heavy atom. The molecule has 1 aromatic carbocycles. The van der Waals surface area contributed by atoms with Crippen LogP contribution in [0.3, 0.4) is 0 Å². The average molecular weight is 325 g/mol. The third kappa shape index (κ3) is 2.61. The van der Waals surface area contributed by atoms with E-state index in [4.69, 9.17) is 0 Å². The van der Waals surface area contributed by atoms with Crippen LogP contribution in [0.5, 0.6) is 0 Å². The van der Waals surface area contributed by atoms with Gasteiger partial charge < -0.3 is 0 Å². The molecule has 2 aliphatic heterocycles. The van der Waals surface area contributed by atoms with Gasteiger partial charge in [-0.15, -0.1) is 0 Å². The maximum atomic E-state index is 12.4. The fourth-order valence-corrected chi connectivity index (χ4v) is 5.91. The summed E-state index contributed by atoms with van der Waals surface area (Å²) in [5.74, 6) is 0. The van der Waals surface area contributed by atoms with Crippen LogP contribution in [-0.4, -0.2) is 23.9 Å². The van der Waals surface area contributed by atoms with E-state index in [-0.39, 0.29) is 10.5 Å². The molecule has 1 aromatic heterocycles. The van der Waals surface area contributed by atoms with Crippen molar-refractivity contribution in [1.29, 1.82) is 0 Å². The number of pyridine rings is 1. The van der Waals surface area contributed by atoms with Gasteiger partial charge in [0.05, 0.1) is 16.2 Å². The number of rotatable bonds is 2. The summed E-state index contributed by atoms with van der Waals surface area (Å²) in [5.41, 5.74) is 4.35. The van der Waals surface area contributed by atoms with Crippen molar-refractivity contribution >= 4 is 15.4 Å². The van der Waals surface area contributed by atoms with Crippen LogP contribution in [-0.2, 0) is 9.84 Å². The lowest BCUT2D eigenvalue weighted by Gasteiger charge is -2.33. The molecule has 2 unspecified atom stereocenters. The van der Waals surface area contributed by atoms with Crippen LogP contribution in [0.2, 0.25) is 0 Å². The van der Waals surface area contributed by atoms with Gasteiger partial charge in [0.25, 0.3) is 0 Å². The number of fused-ring (bicyclic) bond motifs is 2. The summed E-state index contributed by atoms with van der Waals surface area (Å²) in [5, 5.41) is -0.461. The van der Waals surface area contributed by atoms with E-state index in [9.17, 15) is 8.42 Å². The normalized spacial score (nSPS) is 25.7. The highest BCUT2D eigenvalue weighted by Crippen LogP contribution is 2.39. The second-order valence-corrected chi connectivity index (χ2v) is 8.82. The predicted molar refractivity (Wildman–Crippen MR) is 92.6 cm³/mol. The van der Waals surface area contributed by atoms with Crippen molar-refractivity contribution in [3.05, 3.63) is 60.3 Å². The third-order valence-corrected chi connectivity index (χ3v) is 7.50. The highest BCUT2D eigenvalue weighted by Gasteiger charge is 2.40. The largest absolute Gasteiger partial charge is 0.256 e. The van der Waals surface area contributed by atoms with Crippen LogP contribution in [0.25, 0.3) is 16.8 Å². The van der Waals surface area contributed by atoms with Crippen molar-refractivity contribution < 1.29 is 8.42 Å². The molecule has 0 aliphatic carbocycles. The van der Waals surface area contributed by atoms with Gasteiger partial charge in [-0.2, -0.15) is 0 Å². The molecule has 0 N–H and O–H groups in total. The van der Waals surface area contributed by atoms with Crippen molar-refractivity contribution in [1.82, 2.24) is 4.98 Å².